The molecule has 1 atom stereocenters. The van der Waals surface area contributed by atoms with Crippen molar-refractivity contribution < 1.29 is 9.53 Å². The van der Waals surface area contributed by atoms with Gasteiger partial charge < -0.3 is 15.4 Å². The normalized spacial score (nSPS) is 20.6. The summed E-state index contributed by atoms with van der Waals surface area (Å²) in [5.74, 6) is 0.922. The van der Waals surface area contributed by atoms with Crippen molar-refractivity contribution in [2.45, 2.75) is 44.7 Å². The molecule has 4 nitrogen and oxygen atoms in total. The van der Waals surface area contributed by atoms with Gasteiger partial charge in [0.15, 0.2) is 6.61 Å². The molecule has 0 aromatic heterocycles. The quantitative estimate of drug-likeness (QED) is 0.893. The maximum atomic E-state index is 12.2. The highest BCUT2D eigenvalue weighted by Gasteiger charge is 2.31. The van der Waals surface area contributed by atoms with Crippen LogP contribution in [-0.4, -0.2) is 30.0 Å². The van der Waals surface area contributed by atoms with Gasteiger partial charge in [-0.1, -0.05) is 12.1 Å². The first-order chi connectivity index (χ1) is 9.70. The SMILES string of the molecule is CCN(C(=O)COc1cccc2c1CCC2N)C1CC1. The van der Waals surface area contributed by atoms with Crippen molar-refractivity contribution in [1.29, 1.82) is 0 Å². The van der Waals surface area contributed by atoms with Crippen molar-refractivity contribution in [3.63, 3.8) is 0 Å². The van der Waals surface area contributed by atoms with Crippen molar-refractivity contribution in [1.82, 2.24) is 4.90 Å². The number of likely N-dealkylation sites (N-methyl/N-ethyl adjacent to an activating group) is 1. The Bertz CT molecular complexity index is 511. The van der Waals surface area contributed by atoms with Crippen LogP contribution in [0.25, 0.3) is 0 Å². The van der Waals surface area contributed by atoms with Crippen LogP contribution < -0.4 is 10.5 Å². The summed E-state index contributed by atoms with van der Waals surface area (Å²) < 4.78 is 5.77. The summed E-state index contributed by atoms with van der Waals surface area (Å²) >= 11 is 0. The molecule has 0 saturated heterocycles. The van der Waals surface area contributed by atoms with Gasteiger partial charge in [-0.05, 0) is 49.8 Å². The lowest BCUT2D eigenvalue weighted by atomic mass is 10.1. The lowest BCUT2D eigenvalue weighted by Crippen LogP contribution is -2.36. The zero-order valence-electron chi connectivity index (χ0n) is 12.0. The van der Waals surface area contributed by atoms with Crippen LogP contribution in [0.2, 0.25) is 0 Å². The summed E-state index contributed by atoms with van der Waals surface area (Å²) in [5, 5.41) is 0. The first-order valence-electron chi connectivity index (χ1n) is 7.50. The number of ether oxygens (including phenoxy) is 1. The minimum Gasteiger partial charge on any atom is -0.483 e. The van der Waals surface area contributed by atoms with Crippen LogP contribution in [0.3, 0.4) is 0 Å². The van der Waals surface area contributed by atoms with Crippen molar-refractivity contribution in [2.75, 3.05) is 13.2 Å². The highest BCUT2D eigenvalue weighted by atomic mass is 16.5. The summed E-state index contributed by atoms with van der Waals surface area (Å²) in [5.41, 5.74) is 8.41. The smallest absolute Gasteiger partial charge is 0.260 e. The molecule has 0 bridgehead atoms. The van der Waals surface area contributed by atoms with E-state index in [0.717, 1.165) is 38.0 Å². The van der Waals surface area contributed by atoms with E-state index in [-0.39, 0.29) is 18.6 Å². The second-order valence-corrected chi connectivity index (χ2v) is 5.67. The fraction of sp³-hybridized carbons (Fsp3) is 0.562. The monoisotopic (exact) mass is 274 g/mol. The Labute approximate surface area is 119 Å². The van der Waals surface area contributed by atoms with Gasteiger partial charge in [0.25, 0.3) is 5.91 Å². The predicted molar refractivity (Wildman–Crippen MR) is 77.6 cm³/mol. The van der Waals surface area contributed by atoms with Crippen LogP contribution in [0.4, 0.5) is 0 Å². The van der Waals surface area contributed by atoms with E-state index in [9.17, 15) is 4.79 Å². The third kappa shape index (κ3) is 2.52. The summed E-state index contributed by atoms with van der Waals surface area (Å²) in [7, 11) is 0. The van der Waals surface area contributed by atoms with Gasteiger partial charge in [0.1, 0.15) is 5.75 Å². The molecule has 0 radical (unpaired) electrons. The van der Waals surface area contributed by atoms with Gasteiger partial charge in [-0.15, -0.1) is 0 Å². The van der Waals surface area contributed by atoms with Crippen molar-refractivity contribution in [3.05, 3.63) is 29.3 Å². The average molecular weight is 274 g/mol. The number of carbonyl (C=O) groups is 1. The molecule has 0 spiro atoms. The third-order valence-electron chi connectivity index (χ3n) is 4.27. The van der Waals surface area contributed by atoms with Crippen LogP contribution >= 0.6 is 0 Å². The molecule has 1 amide bonds. The Morgan fingerprint density at radius 2 is 2.20 bits per heavy atom. The number of fused-ring (bicyclic) bond motifs is 1. The molecule has 1 unspecified atom stereocenters. The fourth-order valence-corrected chi connectivity index (χ4v) is 3.03. The molecule has 1 fully saturated rings. The van der Waals surface area contributed by atoms with Crippen LogP contribution in [-0.2, 0) is 11.2 Å². The molecule has 2 N–H and O–H groups in total. The minimum absolute atomic E-state index is 0.0925. The Balaban J connectivity index is 1.65. The molecule has 1 aromatic carbocycles. The van der Waals surface area contributed by atoms with Gasteiger partial charge in [-0.25, -0.2) is 0 Å². The molecule has 2 aliphatic carbocycles. The summed E-state index contributed by atoms with van der Waals surface area (Å²) in [6.45, 7) is 2.93. The topological polar surface area (TPSA) is 55.6 Å². The zero-order valence-corrected chi connectivity index (χ0v) is 12.0. The Morgan fingerprint density at radius 3 is 2.90 bits per heavy atom. The second kappa shape index (κ2) is 5.44. The Kier molecular flexibility index (Phi) is 3.66. The third-order valence-corrected chi connectivity index (χ3v) is 4.27. The summed E-state index contributed by atoms with van der Waals surface area (Å²) in [4.78, 5) is 14.1. The first-order valence-corrected chi connectivity index (χ1v) is 7.50. The largest absolute Gasteiger partial charge is 0.483 e. The first kappa shape index (κ1) is 13.4. The Morgan fingerprint density at radius 1 is 1.40 bits per heavy atom. The van der Waals surface area contributed by atoms with Crippen LogP contribution in [0.1, 0.15) is 43.4 Å². The molecule has 20 heavy (non-hydrogen) atoms. The van der Waals surface area contributed by atoms with E-state index in [1.807, 2.05) is 24.0 Å². The standard InChI is InChI=1S/C16H22N2O2/c1-2-18(11-6-7-11)16(19)10-20-15-5-3-4-12-13(15)8-9-14(12)17/h3-5,11,14H,2,6-10,17H2,1H3. The maximum Gasteiger partial charge on any atom is 0.260 e. The van der Waals surface area contributed by atoms with Crippen LogP contribution in [0, 0.1) is 0 Å². The molecule has 3 rings (SSSR count). The van der Waals surface area contributed by atoms with Gasteiger partial charge in [0.05, 0.1) is 0 Å². The molecular formula is C16H22N2O2. The van der Waals surface area contributed by atoms with Gasteiger partial charge in [-0.2, -0.15) is 0 Å². The highest BCUT2D eigenvalue weighted by Crippen LogP contribution is 2.35. The number of nitrogens with two attached hydrogens (primary N) is 1. The summed E-state index contributed by atoms with van der Waals surface area (Å²) in [6, 6.07) is 6.53. The molecule has 1 aromatic rings. The number of benzene rings is 1. The molecule has 2 aliphatic rings. The number of hydrogen-bond donors (Lipinski definition) is 1. The fourth-order valence-electron chi connectivity index (χ4n) is 3.03. The molecule has 4 heteroatoms. The van der Waals surface area contributed by atoms with E-state index in [2.05, 4.69) is 6.07 Å². The Hall–Kier alpha value is -1.55. The van der Waals surface area contributed by atoms with Crippen molar-refractivity contribution in [2.24, 2.45) is 5.73 Å². The number of rotatable bonds is 5. The van der Waals surface area contributed by atoms with E-state index in [4.69, 9.17) is 10.5 Å². The van der Waals surface area contributed by atoms with Crippen molar-refractivity contribution in [3.8, 4) is 5.75 Å². The van der Waals surface area contributed by atoms with Gasteiger partial charge in [0, 0.05) is 18.6 Å². The molecule has 1 saturated carbocycles. The van der Waals surface area contributed by atoms with Gasteiger partial charge >= 0.3 is 0 Å². The molecule has 0 heterocycles. The number of carbonyl (C=O) groups excluding carboxylic acids is 1. The number of nitrogens with zero attached hydrogens (tertiary/aromatic N) is 1. The van der Waals surface area contributed by atoms with Gasteiger partial charge in [-0.3, -0.25) is 4.79 Å². The molecule has 0 aliphatic heterocycles. The minimum atomic E-state index is 0.0925. The lowest BCUT2D eigenvalue weighted by Gasteiger charge is -2.21. The second-order valence-electron chi connectivity index (χ2n) is 5.67. The number of hydrogen-bond acceptors (Lipinski definition) is 3. The van der Waals surface area contributed by atoms with E-state index < -0.39 is 0 Å². The number of amides is 1. The van der Waals surface area contributed by atoms with E-state index in [1.54, 1.807) is 0 Å². The molecule has 108 valence electrons. The van der Waals surface area contributed by atoms with Crippen LogP contribution in [0.5, 0.6) is 5.75 Å². The average Bonchev–Trinajstić information content (AvgIpc) is 3.21. The zero-order chi connectivity index (χ0) is 14.1. The van der Waals surface area contributed by atoms with E-state index in [1.165, 1.54) is 11.1 Å². The predicted octanol–water partition coefficient (Wildman–Crippen LogP) is 2.02. The maximum absolute atomic E-state index is 12.2. The summed E-state index contributed by atoms with van der Waals surface area (Å²) in [6.07, 6.45) is 4.18. The molecular weight excluding hydrogens is 252 g/mol. The highest BCUT2D eigenvalue weighted by molar-refractivity contribution is 5.78. The van der Waals surface area contributed by atoms with E-state index in [0.29, 0.717) is 6.04 Å². The van der Waals surface area contributed by atoms with E-state index >= 15 is 0 Å². The van der Waals surface area contributed by atoms with Crippen molar-refractivity contribution >= 4 is 5.91 Å². The lowest BCUT2D eigenvalue weighted by molar-refractivity contribution is -0.133. The van der Waals surface area contributed by atoms with Gasteiger partial charge in [0.2, 0.25) is 0 Å². The van der Waals surface area contributed by atoms with Crippen LogP contribution in [0.15, 0.2) is 18.2 Å².